The van der Waals surface area contributed by atoms with Crippen molar-refractivity contribution in [2.45, 2.75) is 46.1 Å². The van der Waals surface area contributed by atoms with E-state index in [0.717, 1.165) is 26.3 Å². The van der Waals surface area contributed by atoms with E-state index in [1.54, 1.807) is 0 Å². The molecule has 2 nitrogen and oxygen atoms in total. The van der Waals surface area contributed by atoms with Gasteiger partial charge in [-0.15, -0.1) is 11.3 Å². The van der Waals surface area contributed by atoms with E-state index < -0.39 is 0 Å². The van der Waals surface area contributed by atoms with Crippen molar-refractivity contribution in [3.8, 4) is 0 Å². The molecule has 0 aliphatic carbocycles. The van der Waals surface area contributed by atoms with Crippen LogP contribution in [-0.4, -0.2) is 19.8 Å². The van der Waals surface area contributed by atoms with Crippen LogP contribution < -0.4 is 5.32 Å². The van der Waals surface area contributed by atoms with E-state index in [2.05, 4.69) is 30.6 Å². The number of ether oxygens (including phenoxy) is 1. The van der Waals surface area contributed by atoms with Crippen molar-refractivity contribution >= 4 is 11.3 Å². The fourth-order valence-corrected chi connectivity index (χ4v) is 2.54. The number of unbranched alkanes of at least 4 members (excludes halogenated alkanes) is 3. The molecule has 0 aromatic carbocycles. The molecular formula is C14H25NOS. The summed E-state index contributed by atoms with van der Waals surface area (Å²) in [5, 5.41) is 5.57. The van der Waals surface area contributed by atoms with Gasteiger partial charge in [0.1, 0.15) is 0 Å². The molecule has 0 saturated carbocycles. The molecule has 1 rings (SSSR count). The third kappa shape index (κ3) is 6.81. The quantitative estimate of drug-likeness (QED) is 0.643. The second kappa shape index (κ2) is 9.63. The lowest BCUT2D eigenvalue weighted by atomic mass is 10.2. The van der Waals surface area contributed by atoms with Crippen LogP contribution in [0.5, 0.6) is 0 Å². The van der Waals surface area contributed by atoms with Gasteiger partial charge in [0, 0.05) is 24.6 Å². The fourth-order valence-electron chi connectivity index (χ4n) is 1.66. The average Bonchev–Trinajstić information content (AvgIpc) is 2.73. The highest BCUT2D eigenvalue weighted by molar-refractivity contribution is 7.10. The molecule has 3 heteroatoms. The third-order valence-corrected chi connectivity index (χ3v) is 3.84. The van der Waals surface area contributed by atoms with Gasteiger partial charge < -0.3 is 10.1 Å². The molecule has 0 bridgehead atoms. The van der Waals surface area contributed by atoms with Crippen LogP contribution in [0.3, 0.4) is 0 Å². The second-order valence-electron chi connectivity index (χ2n) is 4.38. The van der Waals surface area contributed by atoms with Crippen LogP contribution in [0.15, 0.2) is 11.4 Å². The van der Waals surface area contributed by atoms with Gasteiger partial charge in [-0.05, 0) is 30.4 Å². The summed E-state index contributed by atoms with van der Waals surface area (Å²) in [4.78, 5) is 1.44. The molecule has 17 heavy (non-hydrogen) atoms. The molecule has 0 fully saturated rings. The first-order valence-corrected chi connectivity index (χ1v) is 7.54. The van der Waals surface area contributed by atoms with Crippen LogP contribution in [0.25, 0.3) is 0 Å². The molecule has 0 saturated heterocycles. The van der Waals surface area contributed by atoms with Crippen molar-refractivity contribution in [1.82, 2.24) is 5.32 Å². The Morgan fingerprint density at radius 3 is 2.82 bits per heavy atom. The molecule has 1 aromatic heterocycles. The molecule has 1 heterocycles. The van der Waals surface area contributed by atoms with E-state index in [1.165, 1.54) is 36.1 Å². The number of aryl methyl sites for hydroxylation is 1. The van der Waals surface area contributed by atoms with E-state index >= 15 is 0 Å². The lowest BCUT2D eigenvalue weighted by Crippen LogP contribution is -2.19. The Bertz CT molecular complexity index is 286. The molecule has 0 aliphatic rings. The first kappa shape index (κ1) is 14.7. The average molecular weight is 255 g/mol. The second-order valence-corrected chi connectivity index (χ2v) is 5.38. The molecule has 0 aliphatic heterocycles. The fraction of sp³-hybridized carbons (Fsp3) is 0.714. The van der Waals surface area contributed by atoms with Crippen molar-refractivity contribution in [3.63, 3.8) is 0 Å². The minimum atomic E-state index is 0.830. The van der Waals surface area contributed by atoms with Crippen LogP contribution in [0.4, 0.5) is 0 Å². The summed E-state index contributed by atoms with van der Waals surface area (Å²) in [7, 11) is 0. The van der Waals surface area contributed by atoms with E-state index in [9.17, 15) is 0 Å². The number of hydrogen-bond donors (Lipinski definition) is 1. The van der Waals surface area contributed by atoms with E-state index in [-0.39, 0.29) is 0 Å². The summed E-state index contributed by atoms with van der Waals surface area (Å²) in [6.45, 7) is 8.07. The Morgan fingerprint density at radius 2 is 2.12 bits per heavy atom. The summed E-state index contributed by atoms with van der Waals surface area (Å²) in [5.74, 6) is 0. The maximum absolute atomic E-state index is 5.57. The highest BCUT2D eigenvalue weighted by atomic mass is 32.1. The SMILES string of the molecule is CCCCCCOCCNCc1sccc1C. The van der Waals surface area contributed by atoms with E-state index in [4.69, 9.17) is 4.74 Å². The smallest absolute Gasteiger partial charge is 0.0591 e. The zero-order chi connectivity index (χ0) is 12.3. The van der Waals surface area contributed by atoms with Crippen LogP contribution in [0, 0.1) is 6.92 Å². The number of nitrogens with one attached hydrogen (secondary N) is 1. The first-order chi connectivity index (χ1) is 8.34. The van der Waals surface area contributed by atoms with Gasteiger partial charge in [-0.3, -0.25) is 0 Å². The molecule has 1 N–H and O–H groups in total. The Balaban J connectivity index is 1.86. The first-order valence-electron chi connectivity index (χ1n) is 6.66. The van der Waals surface area contributed by atoms with Crippen molar-refractivity contribution in [2.75, 3.05) is 19.8 Å². The molecule has 98 valence electrons. The Hall–Kier alpha value is -0.380. The van der Waals surface area contributed by atoms with Crippen molar-refractivity contribution in [1.29, 1.82) is 0 Å². The number of hydrogen-bond acceptors (Lipinski definition) is 3. The number of thiophene rings is 1. The summed E-state index contributed by atoms with van der Waals surface area (Å²) in [6, 6.07) is 2.17. The van der Waals surface area contributed by atoms with Crippen LogP contribution in [0.2, 0.25) is 0 Å². The van der Waals surface area contributed by atoms with Crippen molar-refractivity contribution < 1.29 is 4.74 Å². The molecule has 1 aromatic rings. The molecule has 0 amide bonds. The van der Waals surface area contributed by atoms with Gasteiger partial charge in [0.05, 0.1) is 6.61 Å². The van der Waals surface area contributed by atoms with Gasteiger partial charge in [0.25, 0.3) is 0 Å². The van der Waals surface area contributed by atoms with Gasteiger partial charge in [-0.1, -0.05) is 26.2 Å². The normalized spacial score (nSPS) is 10.9. The predicted octanol–water partition coefficient (Wildman–Crippen LogP) is 3.74. The van der Waals surface area contributed by atoms with Gasteiger partial charge >= 0.3 is 0 Å². The molecule has 0 radical (unpaired) electrons. The highest BCUT2D eigenvalue weighted by Gasteiger charge is 1.98. The van der Waals surface area contributed by atoms with Crippen molar-refractivity contribution in [2.24, 2.45) is 0 Å². The predicted molar refractivity (Wildman–Crippen MR) is 75.7 cm³/mol. The summed E-state index contributed by atoms with van der Waals surface area (Å²) in [6.07, 6.45) is 5.14. The van der Waals surface area contributed by atoms with Crippen LogP contribution in [0.1, 0.15) is 43.0 Å². The molecular weight excluding hydrogens is 230 g/mol. The number of rotatable bonds is 10. The maximum atomic E-state index is 5.57. The summed E-state index contributed by atoms with van der Waals surface area (Å²) >= 11 is 1.82. The van der Waals surface area contributed by atoms with Gasteiger partial charge in [0.15, 0.2) is 0 Å². The zero-order valence-corrected chi connectivity index (χ0v) is 11.9. The van der Waals surface area contributed by atoms with E-state index in [0.29, 0.717) is 0 Å². The van der Waals surface area contributed by atoms with Crippen LogP contribution >= 0.6 is 11.3 Å². The Morgan fingerprint density at radius 1 is 1.24 bits per heavy atom. The van der Waals surface area contributed by atoms with E-state index in [1.807, 2.05) is 11.3 Å². The summed E-state index contributed by atoms with van der Waals surface area (Å²) in [5.41, 5.74) is 1.39. The third-order valence-electron chi connectivity index (χ3n) is 2.82. The van der Waals surface area contributed by atoms with Gasteiger partial charge in [0.2, 0.25) is 0 Å². The zero-order valence-electron chi connectivity index (χ0n) is 11.1. The molecule has 0 spiro atoms. The largest absolute Gasteiger partial charge is 0.380 e. The van der Waals surface area contributed by atoms with Crippen LogP contribution in [-0.2, 0) is 11.3 Å². The highest BCUT2D eigenvalue weighted by Crippen LogP contribution is 2.14. The monoisotopic (exact) mass is 255 g/mol. The maximum Gasteiger partial charge on any atom is 0.0591 e. The van der Waals surface area contributed by atoms with Gasteiger partial charge in [-0.25, -0.2) is 0 Å². The van der Waals surface area contributed by atoms with Gasteiger partial charge in [-0.2, -0.15) is 0 Å². The summed E-state index contributed by atoms with van der Waals surface area (Å²) < 4.78 is 5.57. The minimum Gasteiger partial charge on any atom is -0.380 e. The molecule has 0 unspecified atom stereocenters. The Kier molecular flexibility index (Phi) is 8.32. The topological polar surface area (TPSA) is 21.3 Å². The van der Waals surface area contributed by atoms with Crippen molar-refractivity contribution in [3.05, 3.63) is 21.9 Å². The minimum absolute atomic E-state index is 0.830. The lowest BCUT2D eigenvalue weighted by molar-refractivity contribution is 0.131. The lowest BCUT2D eigenvalue weighted by Gasteiger charge is -2.05. The Labute approximate surface area is 109 Å². The standard InChI is InChI=1S/C14H25NOS/c1-3-4-5-6-9-16-10-8-15-12-14-13(2)7-11-17-14/h7,11,15H,3-6,8-10,12H2,1-2H3. The molecule has 0 atom stereocenters.